The quantitative estimate of drug-likeness (QED) is 0.743. The number of aryl methyl sites for hydroxylation is 1. The molecule has 2 heteroatoms. The van der Waals surface area contributed by atoms with E-state index < -0.39 is 0 Å². The lowest BCUT2D eigenvalue weighted by Crippen LogP contribution is -1.96. The number of alkyl halides is 1. The van der Waals surface area contributed by atoms with Gasteiger partial charge in [0.05, 0.1) is 12.0 Å². The Morgan fingerprint density at radius 2 is 1.89 bits per heavy atom. The van der Waals surface area contributed by atoms with E-state index in [4.69, 9.17) is 16.3 Å². The van der Waals surface area contributed by atoms with Crippen LogP contribution in [0.15, 0.2) is 48.5 Å². The first-order valence-corrected chi connectivity index (χ1v) is 7.21. The van der Waals surface area contributed by atoms with Crippen LogP contribution in [0.4, 0.5) is 0 Å². The van der Waals surface area contributed by atoms with Crippen molar-refractivity contribution >= 4 is 11.6 Å². The molecule has 19 heavy (non-hydrogen) atoms. The van der Waals surface area contributed by atoms with E-state index >= 15 is 0 Å². The molecule has 1 unspecified atom stereocenters. The van der Waals surface area contributed by atoms with Gasteiger partial charge in [0.25, 0.3) is 0 Å². The highest BCUT2D eigenvalue weighted by atomic mass is 35.5. The number of halogens is 1. The van der Waals surface area contributed by atoms with E-state index in [1.165, 1.54) is 16.7 Å². The van der Waals surface area contributed by atoms with Crippen molar-refractivity contribution in [3.8, 4) is 5.75 Å². The van der Waals surface area contributed by atoms with Gasteiger partial charge in [-0.1, -0.05) is 48.5 Å². The summed E-state index contributed by atoms with van der Waals surface area (Å²) in [5.74, 6) is 1.10. The lowest BCUT2D eigenvalue weighted by molar-refractivity contribution is 0.353. The molecule has 1 heterocycles. The Hall–Kier alpha value is -1.47. The predicted octanol–water partition coefficient (Wildman–Crippen LogP) is 4.53. The molecule has 2 aromatic carbocycles. The topological polar surface area (TPSA) is 9.23 Å². The van der Waals surface area contributed by atoms with Gasteiger partial charge in [0, 0.05) is 6.42 Å². The number of ether oxygens (including phenoxy) is 1. The molecule has 0 amide bonds. The van der Waals surface area contributed by atoms with Gasteiger partial charge in [0.2, 0.25) is 0 Å². The standard InChI is InChI=1S/C17H17ClO/c18-16(13-5-2-1-3-6-13)10-9-14-7-4-8-15-11-12-19-17(14)15/h1-8,16H,9-12H2. The van der Waals surface area contributed by atoms with Crippen LogP contribution in [0.3, 0.4) is 0 Å². The van der Waals surface area contributed by atoms with Crippen LogP contribution in [0.2, 0.25) is 0 Å². The smallest absolute Gasteiger partial charge is 0.125 e. The lowest BCUT2D eigenvalue weighted by atomic mass is 10.0. The third-order valence-corrected chi connectivity index (χ3v) is 4.09. The van der Waals surface area contributed by atoms with Crippen LogP contribution in [0, 0.1) is 0 Å². The molecule has 0 spiro atoms. The largest absolute Gasteiger partial charge is 0.493 e. The van der Waals surface area contributed by atoms with Gasteiger partial charge in [-0.05, 0) is 29.5 Å². The number of para-hydroxylation sites is 1. The van der Waals surface area contributed by atoms with Crippen molar-refractivity contribution in [2.75, 3.05) is 6.61 Å². The molecule has 1 aliphatic rings. The molecule has 0 N–H and O–H groups in total. The van der Waals surface area contributed by atoms with Gasteiger partial charge in [-0.15, -0.1) is 11.6 Å². The third-order valence-electron chi connectivity index (χ3n) is 3.62. The molecule has 98 valence electrons. The van der Waals surface area contributed by atoms with Crippen LogP contribution in [-0.2, 0) is 12.8 Å². The third kappa shape index (κ3) is 2.76. The van der Waals surface area contributed by atoms with Crippen LogP contribution < -0.4 is 4.74 Å². The summed E-state index contributed by atoms with van der Waals surface area (Å²) in [5, 5.41) is 0.0680. The highest BCUT2D eigenvalue weighted by Gasteiger charge is 2.16. The SMILES string of the molecule is ClC(CCc1cccc2c1OCC2)c1ccccc1. The van der Waals surface area contributed by atoms with Gasteiger partial charge in [0.15, 0.2) is 0 Å². The first-order valence-electron chi connectivity index (χ1n) is 6.77. The first kappa shape index (κ1) is 12.6. The number of benzene rings is 2. The van der Waals surface area contributed by atoms with Gasteiger partial charge < -0.3 is 4.74 Å². The Morgan fingerprint density at radius 1 is 1.05 bits per heavy atom. The minimum absolute atomic E-state index is 0.0680. The summed E-state index contributed by atoms with van der Waals surface area (Å²) < 4.78 is 5.72. The van der Waals surface area contributed by atoms with E-state index in [1.807, 2.05) is 18.2 Å². The maximum absolute atomic E-state index is 6.47. The van der Waals surface area contributed by atoms with Crippen LogP contribution in [0.25, 0.3) is 0 Å². The van der Waals surface area contributed by atoms with Crippen LogP contribution in [-0.4, -0.2) is 6.61 Å². The molecular weight excluding hydrogens is 256 g/mol. The zero-order chi connectivity index (χ0) is 13.1. The van der Waals surface area contributed by atoms with Crippen LogP contribution in [0.5, 0.6) is 5.75 Å². The summed E-state index contributed by atoms with van der Waals surface area (Å²) in [6.07, 6.45) is 2.93. The summed E-state index contributed by atoms with van der Waals surface area (Å²) in [6.45, 7) is 0.815. The molecule has 0 saturated carbocycles. The zero-order valence-electron chi connectivity index (χ0n) is 10.8. The number of hydrogen-bond donors (Lipinski definition) is 0. The van der Waals surface area contributed by atoms with E-state index in [-0.39, 0.29) is 5.38 Å². The van der Waals surface area contributed by atoms with Gasteiger partial charge in [-0.25, -0.2) is 0 Å². The summed E-state index contributed by atoms with van der Waals surface area (Å²) in [4.78, 5) is 0. The van der Waals surface area contributed by atoms with E-state index in [0.29, 0.717) is 0 Å². The summed E-state index contributed by atoms with van der Waals surface area (Å²) in [7, 11) is 0. The molecule has 0 aliphatic carbocycles. The Bertz CT molecular complexity index is 550. The van der Waals surface area contributed by atoms with Crippen molar-refractivity contribution in [3.63, 3.8) is 0 Å². The second-order valence-electron chi connectivity index (χ2n) is 4.92. The summed E-state index contributed by atoms with van der Waals surface area (Å²) >= 11 is 6.47. The van der Waals surface area contributed by atoms with Crippen molar-refractivity contribution in [3.05, 3.63) is 65.2 Å². The Morgan fingerprint density at radius 3 is 2.74 bits per heavy atom. The maximum Gasteiger partial charge on any atom is 0.125 e. The molecule has 3 rings (SSSR count). The normalized spacial score (nSPS) is 14.8. The number of rotatable bonds is 4. The Balaban J connectivity index is 1.69. The highest BCUT2D eigenvalue weighted by Crippen LogP contribution is 2.33. The first-order chi connectivity index (χ1) is 9.34. The van der Waals surface area contributed by atoms with Gasteiger partial charge in [-0.3, -0.25) is 0 Å². The number of hydrogen-bond acceptors (Lipinski definition) is 1. The fourth-order valence-corrected chi connectivity index (χ4v) is 2.85. The zero-order valence-corrected chi connectivity index (χ0v) is 11.6. The average molecular weight is 273 g/mol. The molecule has 0 saturated heterocycles. The molecule has 1 nitrogen and oxygen atoms in total. The molecule has 0 radical (unpaired) electrons. The predicted molar refractivity (Wildman–Crippen MR) is 79.0 cm³/mol. The van der Waals surface area contributed by atoms with Crippen molar-refractivity contribution < 1.29 is 4.74 Å². The minimum Gasteiger partial charge on any atom is -0.493 e. The second kappa shape index (κ2) is 5.66. The monoisotopic (exact) mass is 272 g/mol. The molecule has 0 bridgehead atoms. The van der Waals surface area contributed by atoms with Crippen LogP contribution >= 0.6 is 11.6 Å². The van der Waals surface area contributed by atoms with E-state index in [9.17, 15) is 0 Å². The average Bonchev–Trinajstić information content (AvgIpc) is 2.94. The van der Waals surface area contributed by atoms with Crippen molar-refractivity contribution in [1.82, 2.24) is 0 Å². The van der Waals surface area contributed by atoms with Crippen molar-refractivity contribution in [1.29, 1.82) is 0 Å². The molecule has 1 aliphatic heterocycles. The van der Waals surface area contributed by atoms with Crippen molar-refractivity contribution in [2.24, 2.45) is 0 Å². The van der Waals surface area contributed by atoms with E-state index in [2.05, 4.69) is 30.3 Å². The van der Waals surface area contributed by atoms with Crippen LogP contribution in [0.1, 0.15) is 28.5 Å². The second-order valence-corrected chi connectivity index (χ2v) is 5.45. The fraction of sp³-hybridized carbons (Fsp3) is 0.294. The summed E-state index contributed by atoms with van der Waals surface area (Å²) in [6, 6.07) is 16.7. The Kier molecular flexibility index (Phi) is 3.74. The molecular formula is C17H17ClO. The van der Waals surface area contributed by atoms with E-state index in [0.717, 1.165) is 31.6 Å². The molecule has 1 atom stereocenters. The number of fused-ring (bicyclic) bond motifs is 1. The Labute approximate surface area is 119 Å². The molecule has 0 fully saturated rings. The maximum atomic E-state index is 6.47. The molecule has 2 aromatic rings. The molecule has 0 aromatic heterocycles. The van der Waals surface area contributed by atoms with Gasteiger partial charge >= 0.3 is 0 Å². The lowest BCUT2D eigenvalue weighted by Gasteiger charge is -2.12. The highest BCUT2D eigenvalue weighted by molar-refractivity contribution is 6.20. The van der Waals surface area contributed by atoms with Gasteiger partial charge in [-0.2, -0.15) is 0 Å². The van der Waals surface area contributed by atoms with Crippen molar-refractivity contribution in [2.45, 2.75) is 24.6 Å². The minimum atomic E-state index is 0.0680. The fourth-order valence-electron chi connectivity index (χ4n) is 2.59. The van der Waals surface area contributed by atoms with E-state index in [1.54, 1.807) is 0 Å². The summed E-state index contributed by atoms with van der Waals surface area (Å²) in [5.41, 5.74) is 3.82. The van der Waals surface area contributed by atoms with Gasteiger partial charge in [0.1, 0.15) is 5.75 Å².